The summed E-state index contributed by atoms with van der Waals surface area (Å²) < 4.78 is 0. The summed E-state index contributed by atoms with van der Waals surface area (Å²) in [7, 11) is 0. The number of allylic oxidation sites excluding steroid dienone is 2. The lowest BCUT2D eigenvalue weighted by Gasteiger charge is -2.30. The minimum Gasteiger partial charge on any atom is -0.481 e. The van der Waals surface area contributed by atoms with E-state index in [0.29, 0.717) is 0 Å². The SMILES string of the molecule is NCC1(C(=O)O)C=CC=CC1C(=O)O. The number of aliphatic carboxylic acids is 2. The van der Waals surface area contributed by atoms with Gasteiger partial charge in [0.1, 0.15) is 5.41 Å². The van der Waals surface area contributed by atoms with Crippen LogP contribution in [0.5, 0.6) is 0 Å². The van der Waals surface area contributed by atoms with Crippen LogP contribution in [0.15, 0.2) is 24.3 Å². The first-order chi connectivity index (χ1) is 6.54. The first kappa shape index (κ1) is 10.5. The zero-order valence-corrected chi connectivity index (χ0v) is 7.38. The normalized spacial score (nSPS) is 30.2. The van der Waals surface area contributed by atoms with Crippen LogP contribution in [0.1, 0.15) is 0 Å². The van der Waals surface area contributed by atoms with Gasteiger partial charge in [-0.25, -0.2) is 0 Å². The molecule has 1 aliphatic rings. The van der Waals surface area contributed by atoms with Crippen LogP contribution < -0.4 is 5.73 Å². The molecule has 2 unspecified atom stereocenters. The van der Waals surface area contributed by atoms with E-state index < -0.39 is 23.3 Å². The van der Waals surface area contributed by atoms with E-state index in [1.54, 1.807) is 0 Å². The Morgan fingerprint density at radius 2 is 2.00 bits per heavy atom. The third kappa shape index (κ3) is 1.42. The summed E-state index contributed by atoms with van der Waals surface area (Å²) in [5.74, 6) is -3.50. The molecule has 1 aliphatic carbocycles. The minimum atomic E-state index is -1.51. The van der Waals surface area contributed by atoms with Crippen LogP contribution in [0.25, 0.3) is 0 Å². The highest BCUT2D eigenvalue weighted by Gasteiger charge is 2.46. The zero-order valence-electron chi connectivity index (χ0n) is 7.38. The van der Waals surface area contributed by atoms with E-state index in [9.17, 15) is 9.59 Å². The Hall–Kier alpha value is -1.62. The predicted octanol–water partition coefficient (Wildman–Crippen LogP) is -0.157. The molecule has 1 rings (SSSR count). The van der Waals surface area contributed by atoms with Crippen LogP contribution in [0, 0.1) is 11.3 Å². The number of nitrogens with two attached hydrogens (primary N) is 1. The second-order valence-corrected chi connectivity index (χ2v) is 3.11. The number of carboxylic acids is 2. The molecule has 0 spiro atoms. The summed E-state index contributed by atoms with van der Waals surface area (Å²) >= 11 is 0. The molecule has 0 aromatic heterocycles. The van der Waals surface area contributed by atoms with Gasteiger partial charge in [0.15, 0.2) is 0 Å². The molecule has 0 aromatic rings. The van der Waals surface area contributed by atoms with E-state index in [-0.39, 0.29) is 6.54 Å². The highest BCUT2D eigenvalue weighted by Crippen LogP contribution is 2.33. The van der Waals surface area contributed by atoms with Crippen LogP contribution in [-0.2, 0) is 9.59 Å². The number of hydrogen-bond acceptors (Lipinski definition) is 3. The standard InChI is InChI=1S/C9H11NO4/c10-5-9(8(13)14)4-2-1-3-6(9)7(11)12/h1-4,6H,5,10H2,(H,11,12)(H,13,14). The van der Waals surface area contributed by atoms with Crippen molar-refractivity contribution in [2.45, 2.75) is 0 Å². The first-order valence-corrected chi connectivity index (χ1v) is 4.07. The Labute approximate surface area is 80.5 Å². The maximum atomic E-state index is 11.0. The second-order valence-electron chi connectivity index (χ2n) is 3.11. The zero-order chi connectivity index (χ0) is 10.8. The average Bonchev–Trinajstić information content (AvgIpc) is 2.17. The molecule has 0 saturated carbocycles. The van der Waals surface area contributed by atoms with Gasteiger partial charge in [-0.2, -0.15) is 0 Å². The van der Waals surface area contributed by atoms with Gasteiger partial charge >= 0.3 is 11.9 Å². The summed E-state index contributed by atoms with van der Waals surface area (Å²) in [5, 5.41) is 17.8. The summed E-state index contributed by atoms with van der Waals surface area (Å²) in [4.78, 5) is 21.8. The van der Waals surface area contributed by atoms with Crippen molar-refractivity contribution in [2.75, 3.05) is 6.54 Å². The number of carboxylic acid groups (broad SMARTS) is 2. The molecule has 0 saturated heterocycles. The van der Waals surface area contributed by atoms with Crippen molar-refractivity contribution in [3.8, 4) is 0 Å². The van der Waals surface area contributed by atoms with Crippen molar-refractivity contribution in [3.05, 3.63) is 24.3 Å². The first-order valence-electron chi connectivity index (χ1n) is 4.07. The van der Waals surface area contributed by atoms with Crippen molar-refractivity contribution < 1.29 is 19.8 Å². The molecule has 5 nitrogen and oxygen atoms in total. The van der Waals surface area contributed by atoms with E-state index in [2.05, 4.69) is 0 Å². The monoisotopic (exact) mass is 197 g/mol. The molecule has 0 radical (unpaired) electrons. The number of carbonyl (C=O) groups is 2. The summed E-state index contributed by atoms with van der Waals surface area (Å²) in [6.45, 7) is -0.236. The molecule has 0 aromatic carbocycles. The van der Waals surface area contributed by atoms with Gasteiger partial charge in [-0.1, -0.05) is 24.3 Å². The van der Waals surface area contributed by atoms with Gasteiger partial charge in [-0.15, -0.1) is 0 Å². The van der Waals surface area contributed by atoms with Gasteiger partial charge < -0.3 is 15.9 Å². The fraction of sp³-hybridized carbons (Fsp3) is 0.333. The molecule has 0 amide bonds. The molecule has 0 fully saturated rings. The lowest BCUT2D eigenvalue weighted by atomic mass is 9.73. The molecule has 76 valence electrons. The predicted molar refractivity (Wildman–Crippen MR) is 48.5 cm³/mol. The lowest BCUT2D eigenvalue weighted by Crippen LogP contribution is -2.46. The van der Waals surface area contributed by atoms with Crippen LogP contribution in [-0.4, -0.2) is 28.7 Å². The Kier molecular flexibility index (Phi) is 2.71. The van der Waals surface area contributed by atoms with Gasteiger partial charge in [0.25, 0.3) is 0 Å². The van der Waals surface area contributed by atoms with E-state index in [1.807, 2.05) is 0 Å². The molecule has 14 heavy (non-hydrogen) atoms. The smallest absolute Gasteiger partial charge is 0.316 e. The largest absolute Gasteiger partial charge is 0.481 e. The van der Waals surface area contributed by atoms with E-state index in [1.165, 1.54) is 24.3 Å². The maximum Gasteiger partial charge on any atom is 0.316 e. The van der Waals surface area contributed by atoms with Gasteiger partial charge in [0.05, 0.1) is 5.92 Å². The molecule has 0 aliphatic heterocycles. The van der Waals surface area contributed by atoms with Crippen LogP contribution in [0.3, 0.4) is 0 Å². The van der Waals surface area contributed by atoms with E-state index in [0.717, 1.165) is 0 Å². The fourth-order valence-corrected chi connectivity index (χ4v) is 1.47. The number of hydrogen-bond donors (Lipinski definition) is 3. The van der Waals surface area contributed by atoms with E-state index in [4.69, 9.17) is 15.9 Å². The van der Waals surface area contributed by atoms with Crippen LogP contribution >= 0.6 is 0 Å². The van der Waals surface area contributed by atoms with Crippen molar-refractivity contribution in [1.29, 1.82) is 0 Å². The topological polar surface area (TPSA) is 101 Å². The van der Waals surface area contributed by atoms with Crippen molar-refractivity contribution in [3.63, 3.8) is 0 Å². The Balaban J connectivity index is 3.15. The van der Waals surface area contributed by atoms with Crippen molar-refractivity contribution in [1.82, 2.24) is 0 Å². The summed E-state index contributed by atoms with van der Waals surface area (Å²) in [5.41, 5.74) is 3.82. The summed E-state index contributed by atoms with van der Waals surface area (Å²) in [6.07, 6.45) is 5.67. The Morgan fingerprint density at radius 1 is 1.36 bits per heavy atom. The average molecular weight is 197 g/mol. The number of rotatable bonds is 3. The maximum absolute atomic E-state index is 11.0. The molecule has 5 heteroatoms. The Bertz CT molecular complexity index is 321. The van der Waals surface area contributed by atoms with Crippen LogP contribution in [0.4, 0.5) is 0 Å². The van der Waals surface area contributed by atoms with Gasteiger partial charge in [0, 0.05) is 6.54 Å². The van der Waals surface area contributed by atoms with Crippen molar-refractivity contribution >= 4 is 11.9 Å². The molecular weight excluding hydrogens is 186 g/mol. The van der Waals surface area contributed by atoms with Gasteiger partial charge in [-0.05, 0) is 0 Å². The molecular formula is C9H11NO4. The minimum absolute atomic E-state index is 0.236. The van der Waals surface area contributed by atoms with Crippen LogP contribution in [0.2, 0.25) is 0 Å². The van der Waals surface area contributed by atoms with E-state index >= 15 is 0 Å². The molecule has 2 atom stereocenters. The quantitative estimate of drug-likeness (QED) is 0.583. The molecule has 0 heterocycles. The Morgan fingerprint density at radius 3 is 2.36 bits per heavy atom. The fourth-order valence-electron chi connectivity index (χ4n) is 1.47. The molecule has 0 bridgehead atoms. The van der Waals surface area contributed by atoms with Gasteiger partial charge in [-0.3, -0.25) is 9.59 Å². The second kappa shape index (κ2) is 3.63. The lowest BCUT2D eigenvalue weighted by molar-refractivity contribution is -0.156. The summed E-state index contributed by atoms with van der Waals surface area (Å²) in [6, 6.07) is 0. The highest BCUT2D eigenvalue weighted by atomic mass is 16.4. The third-order valence-electron chi connectivity index (χ3n) is 2.37. The van der Waals surface area contributed by atoms with Gasteiger partial charge in [0.2, 0.25) is 0 Å². The molecule has 4 N–H and O–H groups in total. The highest BCUT2D eigenvalue weighted by molar-refractivity contribution is 5.87. The third-order valence-corrected chi connectivity index (χ3v) is 2.37. The van der Waals surface area contributed by atoms with Crippen molar-refractivity contribution in [2.24, 2.45) is 17.1 Å².